The van der Waals surface area contributed by atoms with Crippen LogP contribution < -0.4 is 4.90 Å². The molecule has 0 spiro atoms. The van der Waals surface area contributed by atoms with Gasteiger partial charge in [0.25, 0.3) is 0 Å². The zero-order valence-corrected chi connectivity index (χ0v) is 15.8. The highest BCUT2D eigenvalue weighted by molar-refractivity contribution is 6.34. The molecule has 0 aliphatic carbocycles. The number of anilines is 1. The van der Waals surface area contributed by atoms with Gasteiger partial charge < -0.3 is 9.80 Å². The molecule has 1 aliphatic heterocycles. The van der Waals surface area contributed by atoms with E-state index in [1.54, 1.807) is 6.07 Å². The molecule has 6 heteroatoms. The second-order valence-corrected chi connectivity index (χ2v) is 7.15. The van der Waals surface area contributed by atoms with Crippen LogP contribution in [0.5, 0.6) is 0 Å². The average molecular weight is 388 g/mol. The zero-order valence-electron chi connectivity index (χ0n) is 14.3. The van der Waals surface area contributed by atoms with Crippen LogP contribution in [0.25, 0.3) is 0 Å². The fourth-order valence-electron chi connectivity index (χ4n) is 3.21. The summed E-state index contributed by atoms with van der Waals surface area (Å²) in [5.74, 6) is 0.134. The maximum Gasteiger partial charge on any atom is 0.223 e. The Morgan fingerprint density at radius 3 is 2.35 bits per heavy atom. The number of halogens is 2. The fraction of sp³-hybridized carbons (Fsp3) is 0.300. The van der Waals surface area contributed by atoms with Gasteiger partial charge in [-0.3, -0.25) is 4.79 Å². The minimum atomic E-state index is 0.134. The van der Waals surface area contributed by atoms with E-state index in [0.717, 1.165) is 24.3 Å². The molecule has 0 aromatic heterocycles. The van der Waals surface area contributed by atoms with Crippen molar-refractivity contribution in [2.75, 3.05) is 31.1 Å². The van der Waals surface area contributed by atoms with Gasteiger partial charge in [0.15, 0.2) is 0 Å². The smallest absolute Gasteiger partial charge is 0.223 e. The number of aryl methyl sites for hydroxylation is 1. The molecule has 0 atom stereocenters. The lowest BCUT2D eigenvalue weighted by Gasteiger charge is -2.36. The highest BCUT2D eigenvalue weighted by Crippen LogP contribution is 2.22. The van der Waals surface area contributed by atoms with Gasteiger partial charge in [-0.25, -0.2) is 0 Å². The summed E-state index contributed by atoms with van der Waals surface area (Å²) in [6.45, 7) is 2.78. The van der Waals surface area contributed by atoms with E-state index < -0.39 is 0 Å². The third-order valence-corrected chi connectivity index (χ3v) is 4.98. The predicted molar refractivity (Wildman–Crippen MR) is 105 cm³/mol. The van der Waals surface area contributed by atoms with Gasteiger partial charge in [0.05, 0.1) is 11.3 Å². The number of nitrogens with zero attached hydrogens (tertiary/aromatic N) is 3. The topological polar surface area (TPSA) is 47.3 Å². The second kappa shape index (κ2) is 8.44. The molecule has 0 bridgehead atoms. The number of para-hydroxylation sites is 1. The lowest BCUT2D eigenvalue weighted by Crippen LogP contribution is -2.49. The number of hydrogen-bond acceptors (Lipinski definition) is 3. The number of carbonyl (C=O) groups excluding carboxylic acids is 1. The minimum absolute atomic E-state index is 0.134. The van der Waals surface area contributed by atoms with Gasteiger partial charge in [0.2, 0.25) is 5.91 Å². The van der Waals surface area contributed by atoms with Gasteiger partial charge in [0, 0.05) is 42.6 Å². The number of rotatable bonds is 4. The lowest BCUT2D eigenvalue weighted by molar-refractivity contribution is -0.131. The first-order valence-corrected chi connectivity index (χ1v) is 9.29. The molecule has 3 rings (SSSR count). The Labute approximate surface area is 163 Å². The quantitative estimate of drug-likeness (QED) is 0.791. The Hall–Kier alpha value is -2.22. The Morgan fingerprint density at radius 1 is 1.04 bits per heavy atom. The Kier molecular flexibility index (Phi) is 6.03. The number of hydrogen-bond donors (Lipinski definition) is 0. The van der Waals surface area contributed by atoms with Gasteiger partial charge in [-0.1, -0.05) is 35.3 Å². The monoisotopic (exact) mass is 387 g/mol. The summed E-state index contributed by atoms with van der Waals surface area (Å²) < 4.78 is 0. The molecule has 0 saturated carbocycles. The van der Waals surface area contributed by atoms with Crippen molar-refractivity contribution in [2.24, 2.45) is 0 Å². The molecular formula is C20H19Cl2N3O. The lowest BCUT2D eigenvalue weighted by atomic mass is 10.1. The molecule has 26 heavy (non-hydrogen) atoms. The number of amides is 1. The molecule has 2 aromatic rings. The van der Waals surface area contributed by atoms with Crippen molar-refractivity contribution >= 4 is 34.8 Å². The van der Waals surface area contributed by atoms with E-state index in [-0.39, 0.29) is 5.91 Å². The Bertz CT molecular complexity index is 819. The molecule has 0 unspecified atom stereocenters. The van der Waals surface area contributed by atoms with Crippen molar-refractivity contribution in [2.45, 2.75) is 12.8 Å². The molecule has 1 heterocycles. The molecular weight excluding hydrogens is 369 g/mol. The Balaban J connectivity index is 1.54. The van der Waals surface area contributed by atoms with Crippen LogP contribution in [0.15, 0.2) is 42.5 Å². The summed E-state index contributed by atoms with van der Waals surface area (Å²) in [5.41, 5.74) is 2.58. The van der Waals surface area contributed by atoms with Crippen LogP contribution in [-0.4, -0.2) is 37.0 Å². The van der Waals surface area contributed by atoms with E-state index in [1.165, 1.54) is 0 Å². The van der Waals surface area contributed by atoms with Gasteiger partial charge in [-0.2, -0.15) is 5.26 Å². The summed E-state index contributed by atoms with van der Waals surface area (Å²) in [7, 11) is 0. The fourth-order valence-corrected chi connectivity index (χ4v) is 3.78. The third kappa shape index (κ3) is 4.49. The minimum Gasteiger partial charge on any atom is -0.367 e. The van der Waals surface area contributed by atoms with Crippen LogP contribution in [0, 0.1) is 11.3 Å². The molecule has 4 nitrogen and oxygen atoms in total. The summed E-state index contributed by atoms with van der Waals surface area (Å²) in [5, 5.41) is 10.4. The van der Waals surface area contributed by atoms with E-state index in [2.05, 4.69) is 11.0 Å². The number of piperazine rings is 1. The van der Waals surface area contributed by atoms with Crippen molar-refractivity contribution < 1.29 is 4.79 Å². The Morgan fingerprint density at radius 2 is 1.69 bits per heavy atom. The molecule has 1 amide bonds. The standard InChI is InChI=1S/C20H19Cl2N3O/c21-17-11-15(12-18(22)13-17)5-6-20(26)25-9-7-24(8-10-25)19-4-2-1-3-16(19)14-23/h1-4,11-13H,5-10H2. The molecule has 1 aliphatic rings. The van der Waals surface area contributed by atoms with Crippen LogP contribution in [0.2, 0.25) is 10.0 Å². The van der Waals surface area contributed by atoms with E-state index in [0.29, 0.717) is 41.5 Å². The van der Waals surface area contributed by atoms with Crippen LogP contribution in [0.3, 0.4) is 0 Å². The maximum atomic E-state index is 12.5. The van der Waals surface area contributed by atoms with E-state index in [1.807, 2.05) is 41.3 Å². The van der Waals surface area contributed by atoms with Crippen molar-refractivity contribution in [3.63, 3.8) is 0 Å². The van der Waals surface area contributed by atoms with Crippen LogP contribution in [0.1, 0.15) is 17.5 Å². The summed E-state index contributed by atoms with van der Waals surface area (Å²) >= 11 is 12.0. The van der Waals surface area contributed by atoms with Crippen LogP contribution in [-0.2, 0) is 11.2 Å². The molecule has 1 saturated heterocycles. The highest BCUT2D eigenvalue weighted by Gasteiger charge is 2.22. The first kappa shape index (κ1) is 18.6. The van der Waals surface area contributed by atoms with E-state index in [4.69, 9.17) is 23.2 Å². The van der Waals surface area contributed by atoms with Crippen molar-refractivity contribution in [3.8, 4) is 6.07 Å². The van der Waals surface area contributed by atoms with Gasteiger partial charge in [0.1, 0.15) is 6.07 Å². The largest absolute Gasteiger partial charge is 0.367 e. The number of benzene rings is 2. The zero-order chi connectivity index (χ0) is 18.5. The maximum absolute atomic E-state index is 12.5. The molecule has 134 valence electrons. The SMILES string of the molecule is N#Cc1ccccc1N1CCN(C(=O)CCc2cc(Cl)cc(Cl)c2)CC1. The molecule has 1 fully saturated rings. The molecule has 0 radical (unpaired) electrons. The summed E-state index contributed by atoms with van der Waals surface area (Å²) in [4.78, 5) is 16.5. The first-order chi connectivity index (χ1) is 12.6. The van der Waals surface area contributed by atoms with Crippen LogP contribution in [0.4, 0.5) is 5.69 Å². The predicted octanol–water partition coefficient (Wildman–Crippen LogP) is 4.15. The van der Waals surface area contributed by atoms with E-state index >= 15 is 0 Å². The number of carbonyl (C=O) groups is 1. The van der Waals surface area contributed by atoms with Crippen molar-refractivity contribution in [1.82, 2.24) is 4.90 Å². The average Bonchev–Trinajstić information content (AvgIpc) is 2.65. The molecule has 2 aromatic carbocycles. The van der Waals surface area contributed by atoms with Gasteiger partial charge >= 0.3 is 0 Å². The number of nitriles is 1. The summed E-state index contributed by atoms with van der Waals surface area (Å²) in [6.07, 6.45) is 1.06. The van der Waals surface area contributed by atoms with Gasteiger partial charge in [-0.15, -0.1) is 0 Å². The highest BCUT2D eigenvalue weighted by atomic mass is 35.5. The van der Waals surface area contributed by atoms with Crippen LogP contribution >= 0.6 is 23.2 Å². The second-order valence-electron chi connectivity index (χ2n) is 6.27. The van der Waals surface area contributed by atoms with Crippen molar-refractivity contribution in [1.29, 1.82) is 5.26 Å². The van der Waals surface area contributed by atoms with Crippen molar-refractivity contribution in [3.05, 3.63) is 63.6 Å². The van der Waals surface area contributed by atoms with E-state index in [9.17, 15) is 10.1 Å². The summed E-state index contributed by atoms with van der Waals surface area (Å²) in [6, 6.07) is 15.2. The normalized spacial score (nSPS) is 14.2. The first-order valence-electron chi connectivity index (χ1n) is 8.53. The third-order valence-electron chi connectivity index (χ3n) is 4.55. The molecule has 0 N–H and O–H groups in total. The van der Waals surface area contributed by atoms with Gasteiger partial charge in [-0.05, 0) is 42.3 Å².